The average molecular weight is 273 g/mol. The molecule has 0 fully saturated rings. The molecular formula is C16H19NO3. The summed E-state index contributed by atoms with van der Waals surface area (Å²) in [5.74, 6) is 0.494. The first-order chi connectivity index (χ1) is 9.70. The molecule has 0 spiro atoms. The fraction of sp³-hybridized carbons (Fsp3) is 0.312. The second-order valence-corrected chi connectivity index (χ2v) is 4.64. The van der Waals surface area contributed by atoms with Gasteiger partial charge in [0.1, 0.15) is 5.75 Å². The van der Waals surface area contributed by atoms with Crippen LogP contribution in [0.5, 0.6) is 5.75 Å². The predicted octanol–water partition coefficient (Wildman–Crippen LogP) is 3.04. The van der Waals surface area contributed by atoms with Crippen molar-refractivity contribution in [3.05, 3.63) is 54.0 Å². The summed E-state index contributed by atoms with van der Waals surface area (Å²) in [6.07, 6.45) is 4.06. The molecule has 0 aliphatic heterocycles. The van der Waals surface area contributed by atoms with Gasteiger partial charge in [0.2, 0.25) is 0 Å². The minimum atomic E-state index is -0.120. The Hall–Kier alpha value is -2.23. The van der Waals surface area contributed by atoms with Gasteiger partial charge in [-0.25, -0.2) is 0 Å². The van der Waals surface area contributed by atoms with Crippen molar-refractivity contribution < 1.29 is 13.9 Å². The number of nitrogens with one attached hydrogen (secondary N) is 1. The molecule has 4 heteroatoms. The third-order valence-corrected chi connectivity index (χ3v) is 2.93. The van der Waals surface area contributed by atoms with Gasteiger partial charge >= 0.3 is 0 Å². The molecule has 0 aliphatic rings. The molecule has 1 amide bonds. The van der Waals surface area contributed by atoms with Crippen LogP contribution in [0.3, 0.4) is 0 Å². The second kappa shape index (κ2) is 6.80. The lowest BCUT2D eigenvalue weighted by molar-refractivity contribution is 0.0936. The summed E-state index contributed by atoms with van der Waals surface area (Å²) in [7, 11) is 0. The lowest BCUT2D eigenvalue weighted by Crippen LogP contribution is -2.34. The largest absolute Gasteiger partial charge is 0.493 e. The van der Waals surface area contributed by atoms with Crippen LogP contribution in [0.25, 0.3) is 0 Å². The number of hydrogen-bond donors (Lipinski definition) is 1. The molecule has 1 N–H and O–H groups in total. The molecule has 1 aromatic heterocycles. The number of furan rings is 1. The zero-order valence-electron chi connectivity index (χ0n) is 11.8. The van der Waals surface area contributed by atoms with E-state index in [2.05, 4.69) is 5.32 Å². The molecule has 4 nitrogen and oxygen atoms in total. The van der Waals surface area contributed by atoms with E-state index >= 15 is 0 Å². The van der Waals surface area contributed by atoms with Crippen molar-refractivity contribution in [3.63, 3.8) is 0 Å². The Labute approximate surface area is 118 Å². The van der Waals surface area contributed by atoms with Crippen LogP contribution in [-0.4, -0.2) is 18.6 Å². The molecule has 0 bridgehead atoms. The van der Waals surface area contributed by atoms with Crippen molar-refractivity contribution in [2.24, 2.45) is 0 Å². The maximum Gasteiger partial charge on any atom is 0.255 e. The minimum absolute atomic E-state index is 0.0229. The van der Waals surface area contributed by atoms with Crippen LogP contribution in [0.1, 0.15) is 29.8 Å². The van der Waals surface area contributed by atoms with Gasteiger partial charge in [0.15, 0.2) is 0 Å². The van der Waals surface area contributed by atoms with Crippen molar-refractivity contribution in [2.75, 3.05) is 6.61 Å². The second-order valence-electron chi connectivity index (χ2n) is 4.64. The molecule has 20 heavy (non-hydrogen) atoms. The van der Waals surface area contributed by atoms with Crippen molar-refractivity contribution in [2.45, 2.75) is 26.3 Å². The maximum absolute atomic E-state index is 12.3. The van der Waals surface area contributed by atoms with Crippen LogP contribution in [0.15, 0.2) is 47.3 Å². The van der Waals surface area contributed by atoms with Gasteiger partial charge in [-0.15, -0.1) is 0 Å². The summed E-state index contributed by atoms with van der Waals surface area (Å²) in [5.41, 5.74) is 1.63. The van der Waals surface area contributed by atoms with E-state index in [-0.39, 0.29) is 11.9 Å². The normalized spacial score (nSPS) is 11.9. The molecule has 1 atom stereocenters. The number of amides is 1. The standard InChI is InChI=1S/C16H19NO3/c1-3-20-15-7-5-4-6-14(15)16(18)17-12(2)10-13-8-9-19-11-13/h4-9,11-12H,3,10H2,1-2H3,(H,17,18). The molecule has 0 aliphatic carbocycles. The third-order valence-electron chi connectivity index (χ3n) is 2.93. The van der Waals surface area contributed by atoms with Crippen molar-refractivity contribution in [1.29, 1.82) is 0 Å². The van der Waals surface area contributed by atoms with Gasteiger partial charge in [-0.1, -0.05) is 12.1 Å². The Bertz CT molecular complexity index is 549. The van der Waals surface area contributed by atoms with E-state index < -0.39 is 0 Å². The molecular weight excluding hydrogens is 254 g/mol. The van der Waals surface area contributed by atoms with Crippen LogP contribution in [0, 0.1) is 0 Å². The predicted molar refractivity (Wildman–Crippen MR) is 77.0 cm³/mol. The van der Waals surface area contributed by atoms with Gasteiger partial charge in [0.25, 0.3) is 5.91 Å². The van der Waals surface area contributed by atoms with Crippen molar-refractivity contribution in [1.82, 2.24) is 5.32 Å². The highest BCUT2D eigenvalue weighted by molar-refractivity contribution is 5.97. The molecule has 1 heterocycles. The van der Waals surface area contributed by atoms with E-state index in [1.165, 1.54) is 0 Å². The first kappa shape index (κ1) is 14.2. The van der Waals surface area contributed by atoms with Gasteiger partial charge < -0.3 is 14.5 Å². The highest BCUT2D eigenvalue weighted by Crippen LogP contribution is 2.18. The summed E-state index contributed by atoms with van der Waals surface area (Å²) in [6.45, 7) is 4.40. The Kier molecular flexibility index (Phi) is 4.82. The number of carbonyl (C=O) groups excluding carboxylic acids is 1. The summed E-state index contributed by atoms with van der Waals surface area (Å²) < 4.78 is 10.5. The summed E-state index contributed by atoms with van der Waals surface area (Å²) >= 11 is 0. The van der Waals surface area contributed by atoms with Crippen LogP contribution < -0.4 is 10.1 Å². The monoisotopic (exact) mass is 273 g/mol. The van der Waals surface area contributed by atoms with Crippen LogP contribution in [0.2, 0.25) is 0 Å². The average Bonchev–Trinajstić information content (AvgIpc) is 2.92. The molecule has 2 aromatic rings. The Morgan fingerprint density at radius 1 is 1.35 bits per heavy atom. The zero-order valence-corrected chi connectivity index (χ0v) is 11.8. The Morgan fingerprint density at radius 2 is 2.15 bits per heavy atom. The van der Waals surface area contributed by atoms with Gasteiger partial charge in [0.05, 0.1) is 24.7 Å². The van der Waals surface area contributed by atoms with E-state index in [4.69, 9.17) is 9.15 Å². The van der Waals surface area contributed by atoms with E-state index in [1.54, 1.807) is 24.7 Å². The van der Waals surface area contributed by atoms with E-state index in [0.717, 1.165) is 12.0 Å². The van der Waals surface area contributed by atoms with Gasteiger partial charge in [-0.3, -0.25) is 4.79 Å². The molecule has 0 saturated heterocycles. The molecule has 1 aromatic carbocycles. The van der Waals surface area contributed by atoms with Crippen LogP contribution >= 0.6 is 0 Å². The Morgan fingerprint density at radius 3 is 2.85 bits per heavy atom. The van der Waals surface area contributed by atoms with Crippen LogP contribution in [0.4, 0.5) is 0 Å². The lowest BCUT2D eigenvalue weighted by atomic mass is 10.1. The Balaban J connectivity index is 2.00. The number of benzene rings is 1. The molecule has 106 valence electrons. The van der Waals surface area contributed by atoms with E-state index in [0.29, 0.717) is 17.9 Å². The van der Waals surface area contributed by atoms with E-state index in [1.807, 2.05) is 32.0 Å². The first-order valence-electron chi connectivity index (χ1n) is 6.74. The van der Waals surface area contributed by atoms with Gasteiger partial charge in [0, 0.05) is 6.04 Å². The minimum Gasteiger partial charge on any atom is -0.493 e. The maximum atomic E-state index is 12.3. The smallest absolute Gasteiger partial charge is 0.255 e. The lowest BCUT2D eigenvalue weighted by Gasteiger charge is -2.15. The fourth-order valence-electron chi connectivity index (χ4n) is 2.05. The number of carbonyl (C=O) groups is 1. The highest BCUT2D eigenvalue weighted by Gasteiger charge is 2.14. The SMILES string of the molecule is CCOc1ccccc1C(=O)NC(C)Cc1ccoc1. The topological polar surface area (TPSA) is 51.5 Å². The fourth-order valence-corrected chi connectivity index (χ4v) is 2.05. The number of rotatable bonds is 6. The summed E-state index contributed by atoms with van der Waals surface area (Å²) in [5, 5.41) is 2.97. The molecule has 2 rings (SSSR count). The number of para-hydroxylation sites is 1. The zero-order chi connectivity index (χ0) is 14.4. The molecule has 0 radical (unpaired) electrons. The number of ether oxygens (including phenoxy) is 1. The van der Waals surface area contributed by atoms with Crippen molar-refractivity contribution >= 4 is 5.91 Å². The molecule has 1 unspecified atom stereocenters. The summed E-state index contributed by atoms with van der Waals surface area (Å²) in [6, 6.07) is 9.19. The number of hydrogen-bond acceptors (Lipinski definition) is 3. The van der Waals surface area contributed by atoms with E-state index in [9.17, 15) is 4.79 Å². The first-order valence-corrected chi connectivity index (χ1v) is 6.74. The van der Waals surface area contributed by atoms with Gasteiger partial charge in [-0.05, 0) is 44.0 Å². The van der Waals surface area contributed by atoms with Gasteiger partial charge in [-0.2, -0.15) is 0 Å². The third kappa shape index (κ3) is 3.63. The quantitative estimate of drug-likeness (QED) is 0.880. The molecule has 0 saturated carbocycles. The van der Waals surface area contributed by atoms with Crippen molar-refractivity contribution in [3.8, 4) is 5.75 Å². The summed E-state index contributed by atoms with van der Waals surface area (Å²) in [4.78, 5) is 12.3. The van der Waals surface area contributed by atoms with Crippen LogP contribution in [-0.2, 0) is 6.42 Å². The highest BCUT2D eigenvalue weighted by atomic mass is 16.5.